The average molecular weight is 495 g/mol. The molecule has 4 unspecified atom stereocenters. The van der Waals surface area contributed by atoms with Gasteiger partial charge >= 0.3 is 0 Å². The molecule has 1 heterocycles. The number of hydrogen-bond donors (Lipinski definition) is 2. The van der Waals surface area contributed by atoms with Crippen LogP contribution < -0.4 is 10.6 Å². The summed E-state index contributed by atoms with van der Waals surface area (Å²) < 4.78 is 23.4. The number of nitrogens with zero attached hydrogens (tertiary/aromatic N) is 1. The van der Waals surface area contributed by atoms with E-state index in [1.54, 1.807) is 0 Å². The summed E-state index contributed by atoms with van der Waals surface area (Å²) in [6.07, 6.45) is 12.6. The molecule has 3 saturated carbocycles. The highest BCUT2D eigenvalue weighted by Crippen LogP contribution is 2.44. The van der Waals surface area contributed by atoms with Gasteiger partial charge < -0.3 is 10.6 Å². The molecule has 0 spiro atoms. The zero-order chi connectivity index (χ0) is 17.3. The lowest BCUT2D eigenvalue weighted by molar-refractivity contribution is 0.374. The smallest absolute Gasteiger partial charge is 0.191 e. The topological polar surface area (TPSA) is 70.6 Å². The van der Waals surface area contributed by atoms with Gasteiger partial charge in [-0.1, -0.05) is 25.7 Å². The number of nitrogens with one attached hydrogen (secondary N) is 2. The van der Waals surface area contributed by atoms with Gasteiger partial charge in [-0.25, -0.2) is 8.42 Å². The Balaban J connectivity index is 0.00000196. The molecule has 1 aliphatic heterocycles. The second-order valence-corrected chi connectivity index (χ2v) is 11.1. The van der Waals surface area contributed by atoms with Gasteiger partial charge in [0.25, 0.3) is 0 Å². The van der Waals surface area contributed by atoms with Crippen LogP contribution in [0.4, 0.5) is 0 Å². The highest BCUT2D eigenvalue weighted by atomic mass is 127. The van der Waals surface area contributed by atoms with Gasteiger partial charge in [0.2, 0.25) is 0 Å². The lowest BCUT2D eigenvalue weighted by Gasteiger charge is -2.29. The summed E-state index contributed by atoms with van der Waals surface area (Å²) >= 11 is 0. The van der Waals surface area contributed by atoms with E-state index in [9.17, 15) is 8.42 Å². The number of hydrogen-bond acceptors (Lipinski definition) is 3. The van der Waals surface area contributed by atoms with E-state index in [4.69, 9.17) is 4.99 Å². The largest absolute Gasteiger partial charge is 0.354 e. The third-order valence-electron chi connectivity index (χ3n) is 6.84. The quantitative estimate of drug-likeness (QED) is 0.357. The van der Waals surface area contributed by atoms with Gasteiger partial charge in [0.1, 0.15) is 0 Å². The molecule has 0 radical (unpaired) electrons. The molecule has 3 aliphatic carbocycles. The van der Waals surface area contributed by atoms with Crippen molar-refractivity contribution >= 4 is 39.8 Å². The highest BCUT2D eigenvalue weighted by molar-refractivity contribution is 14.0. The molecule has 2 N–H and O–H groups in total. The van der Waals surface area contributed by atoms with Gasteiger partial charge in [0, 0.05) is 18.6 Å². The van der Waals surface area contributed by atoms with Crippen LogP contribution in [0.5, 0.6) is 0 Å². The summed E-state index contributed by atoms with van der Waals surface area (Å²) in [5.41, 5.74) is 0. The van der Waals surface area contributed by atoms with Crippen molar-refractivity contribution in [3.63, 3.8) is 0 Å². The predicted molar refractivity (Wildman–Crippen MR) is 117 cm³/mol. The van der Waals surface area contributed by atoms with Crippen molar-refractivity contribution in [1.82, 2.24) is 10.6 Å². The Bertz CT molecular complexity index is 604. The third kappa shape index (κ3) is 5.26. The predicted octanol–water partition coefficient (Wildman–Crippen LogP) is 3.10. The fourth-order valence-electron chi connectivity index (χ4n) is 5.41. The van der Waals surface area contributed by atoms with Gasteiger partial charge in [-0.2, -0.15) is 0 Å². The monoisotopic (exact) mass is 495 g/mol. The van der Waals surface area contributed by atoms with Crippen LogP contribution in [0.2, 0.25) is 0 Å². The first-order valence-corrected chi connectivity index (χ1v) is 12.2. The van der Waals surface area contributed by atoms with Crippen LogP contribution in [0.25, 0.3) is 0 Å². The number of rotatable bonds is 4. The zero-order valence-corrected chi connectivity index (χ0v) is 18.8. The van der Waals surface area contributed by atoms with Crippen LogP contribution in [-0.2, 0) is 9.84 Å². The van der Waals surface area contributed by atoms with Crippen LogP contribution in [0, 0.1) is 17.8 Å². The fraction of sp³-hybridized carbons (Fsp3) is 0.947. The number of sulfone groups is 1. The van der Waals surface area contributed by atoms with Gasteiger partial charge in [0.05, 0.1) is 11.5 Å². The van der Waals surface area contributed by atoms with Crippen molar-refractivity contribution in [3.8, 4) is 0 Å². The molecule has 4 rings (SSSR count). The lowest BCUT2D eigenvalue weighted by Crippen LogP contribution is -2.49. The minimum atomic E-state index is -2.81. The van der Waals surface area contributed by atoms with Crippen molar-refractivity contribution in [3.05, 3.63) is 0 Å². The minimum Gasteiger partial charge on any atom is -0.354 e. The fourth-order valence-corrected chi connectivity index (χ4v) is 7.26. The molecule has 1 saturated heterocycles. The average Bonchev–Trinajstić information content (AvgIpc) is 3.29. The number of halogens is 1. The first kappa shape index (κ1) is 20.7. The lowest BCUT2D eigenvalue weighted by atomic mass is 9.95. The zero-order valence-electron chi connectivity index (χ0n) is 15.7. The standard InChI is InChI=1S/C19H33N3O2S.HI/c23-25(24)9-8-15(13-25)12-20-19(21-17-4-2-1-3-5-17)22-18-11-14-6-7-16(18)10-14;/h14-18H,1-13H2,(H2,20,21,22);1H. The molecular formula is C19H34IN3O2S. The van der Waals surface area contributed by atoms with Crippen molar-refractivity contribution in [2.24, 2.45) is 22.7 Å². The van der Waals surface area contributed by atoms with E-state index in [1.807, 2.05) is 0 Å². The van der Waals surface area contributed by atoms with E-state index in [2.05, 4.69) is 10.6 Å². The van der Waals surface area contributed by atoms with Crippen LogP contribution in [0.1, 0.15) is 64.2 Å². The molecule has 0 amide bonds. The summed E-state index contributed by atoms with van der Waals surface area (Å²) in [6, 6.07) is 1.10. The van der Waals surface area contributed by atoms with E-state index < -0.39 is 9.84 Å². The highest BCUT2D eigenvalue weighted by Gasteiger charge is 2.40. The van der Waals surface area contributed by atoms with Gasteiger partial charge in [0.15, 0.2) is 15.8 Å². The summed E-state index contributed by atoms with van der Waals surface area (Å²) in [4.78, 5) is 4.84. The SMILES string of the molecule is I.O=S1(=O)CCC(CN=C(NC2CCCCC2)NC2CC3CCC2C3)C1. The molecule has 2 bridgehead atoms. The van der Waals surface area contributed by atoms with Crippen LogP contribution in [0.15, 0.2) is 4.99 Å². The van der Waals surface area contributed by atoms with Crippen LogP contribution in [-0.4, -0.2) is 44.5 Å². The molecule has 0 aromatic carbocycles. The van der Waals surface area contributed by atoms with Gasteiger partial charge in [-0.05, 0) is 56.3 Å². The third-order valence-corrected chi connectivity index (χ3v) is 8.68. The van der Waals surface area contributed by atoms with E-state index in [1.165, 1.54) is 57.8 Å². The molecule has 26 heavy (non-hydrogen) atoms. The normalized spacial score (nSPS) is 36.7. The first-order chi connectivity index (χ1) is 12.1. The Labute approximate surface area is 175 Å². The summed E-state index contributed by atoms with van der Waals surface area (Å²) in [7, 11) is -2.81. The van der Waals surface area contributed by atoms with Crippen molar-refractivity contribution in [2.45, 2.75) is 76.3 Å². The molecule has 7 heteroatoms. The van der Waals surface area contributed by atoms with Crippen molar-refractivity contribution in [1.29, 1.82) is 0 Å². The molecule has 4 fully saturated rings. The van der Waals surface area contributed by atoms with Gasteiger partial charge in [-0.3, -0.25) is 4.99 Å². The van der Waals surface area contributed by atoms with E-state index in [-0.39, 0.29) is 29.9 Å². The molecule has 4 atom stereocenters. The second-order valence-electron chi connectivity index (χ2n) is 8.86. The van der Waals surface area contributed by atoms with Crippen LogP contribution in [0.3, 0.4) is 0 Å². The van der Waals surface area contributed by atoms with Crippen molar-refractivity contribution in [2.75, 3.05) is 18.1 Å². The van der Waals surface area contributed by atoms with E-state index in [0.717, 1.165) is 24.2 Å². The molecule has 0 aromatic heterocycles. The molecule has 0 aromatic rings. The first-order valence-electron chi connectivity index (χ1n) is 10.4. The molecular weight excluding hydrogens is 461 g/mol. The summed E-state index contributed by atoms with van der Waals surface area (Å²) in [6.45, 7) is 0.641. The Kier molecular flexibility index (Phi) is 7.13. The number of guanidine groups is 1. The molecule has 150 valence electrons. The van der Waals surface area contributed by atoms with E-state index >= 15 is 0 Å². The maximum absolute atomic E-state index is 11.7. The van der Waals surface area contributed by atoms with E-state index in [0.29, 0.717) is 30.1 Å². The van der Waals surface area contributed by atoms with Gasteiger partial charge in [-0.15, -0.1) is 24.0 Å². The summed E-state index contributed by atoms with van der Waals surface area (Å²) in [5.74, 6) is 3.55. The molecule has 5 nitrogen and oxygen atoms in total. The second kappa shape index (κ2) is 8.97. The minimum absolute atomic E-state index is 0. The number of aliphatic imine (C=N–C) groups is 1. The van der Waals surface area contributed by atoms with Crippen molar-refractivity contribution < 1.29 is 8.42 Å². The summed E-state index contributed by atoms with van der Waals surface area (Å²) in [5, 5.41) is 7.41. The Morgan fingerprint density at radius 1 is 0.962 bits per heavy atom. The Hall–Kier alpha value is -0.0500. The molecule has 4 aliphatic rings. The number of fused-ring (bicyclic) bond motifs is 2. The maximum atomic E-state index is 11.7. The van der Waals surface area contributed by atoms with Crippen LogP contribution >= 0.6 is 24.0 Å². The Morgan fingerprint density at radius 3 is 2.38 bits per heavy atom. The Morgan fingerprint density at radius 2 is 1.77 bits per heavy atom. The maximum Gasteiger partial charge on any atom is 0.191 e.